The Kier molecular flexibility index (Phi) is 4.48. The van der Waals surface area contributed by atoms with Crippen molar-refractivity contribution in [3.63, 3.8) is 0 Å². The molecule has 0 aliphatic carbocycles. The Morgan fingerprint density at radius 2 is 1.70 bits per heavy atom. The number of nitrogens with zero attached hydrogens (tertiary/aromatic N) is 4. The van der Waals surface area contributed by atoms with Gasteiger partial charge >= 0.3 is 12.4 Å². The molecule has 0 unspecified atom stereocenters. The summed E-state index contributed by atoms with van der Waals surface area (Å²) in [6, 6.07) is 5.50. The quantitative estimate of drug-likeness (QED) is 0.665. The summed E-state index contributed by atoms with van der Waals surface area (Å²) in [6.07, 6.45) is -10.2. The number of alkyl halides is 6. The van der Waals surface area contributed by atoms with E-state index in [1.807, 2.05) is 0 Å². The molecule has 0 aliphatic heterocycles. The normalized spacial score (nSPS) is 12.6. The van der Waals surface area contributed by atoms with Crippen molar-refractivity contribution in [3.8, 4) is 0 Å². The minimum absolute atomic E-state index is 0.0169. The van der Waals surface area contributed by atoms with Crippen molar-refractivity contribution in [1.82, 2.24) is 19.8 Å². The number of hydrogen-bond donors (Lipinski definition) is 1. The summed E-state index contributed by atoms with van der Waals surface area (Å²) < 4.78 is 77.4. The monoisotopic (exact) mass is 389 g/mol. The lowest BCUT2D eigenvalue weighted by Crippen LogP contribution is -2.14. The second-order valence-corrected chi connectivity index (χ2v) is 5.97. The van der Waals surface area contributed by atoms with Crippen LogP contribution < -0.4 is 5.32 Å². The molecule has 3 rings (SSSR count). The van der Waals surface area contributed by atoms with E-state index in [0.717, 1.165) is 0 Å². The van der Waals surface area contributed by atoms with Crippen LogP contribution in [0.15, 0.2) is 24.3 Å². The molecule has 1 N–H and O–H groups in total. The second-order valence-electron chi connectivity index (χ2n) is 5.97. The third-order valence-corrected chi connectivity index (χ3v) is 3.94. The SMILES string of the molecule is Cc1c(Nc2cccc(CC(F)(F)F)c2)nn2c(C(F)(F)F)nnc2c1C. The molecule has 1 aromatic carbocycles. The van der Waals surface area contributed by atoms with Crippen LogP contribution in [-0.2, 0) is 12.6 Å². The molecule has 144 valence electrons. The van der Waals surface area contributed by atoms with Gasteiger partial charge in [-0.05, 0) is 31.5 Å². The summed E-state index contributed by atoms with van der Waals surface area (Å²) in [5.41, 5.74) is 1.17. The van der Waals surface area contributed by atoms with E-state index in [1.165, 1.54) is 24.3 Å². The molecule has 0 radical (unpaired) electrons. The van der Waals surface area contributed by atoms with E-state index >= 15 is 0 Å². The molecule has 27 heavy (non-hydrogen) atoms. The van der Waals surface area contributed by atoms with Crippen molar-refractivity contribution in [2.24, 2.45) is 0 Å². The lowest BCUT2D eigenvalue weighted by molar-refractivity contribution is -0.146. The number of aryl methyl sites for hydroxylation is 1. The van der Waals surface area contributed by atoms with Crippen LogP contribution in [0.3, 0.4) is 0 Å². The van der Waals surface area contributed by atoms with E-state index in [1.54, 1.807) is 13.8 Å². The van der Waals surface area contributed by atoms with Gasteiger partial charge in [-0.1, -0.05) is 12.1 Å². The maximum absolute atomic E-state index is 13.1. The molecule has 5 nitrogen and oxygen atoms in total. The highest BCUT2D eigenvalue weighted by atomic mass is 19.4. The van der Waals surface area contributed by atoms with E-state index in [9.17, 15) is 26.3 Å². The zero-order valence-corrected chi connectivity index (χ0v) is 14.1. The van der Waals surface area contributed by atoms with E-state index in [4.69, 9.17) is 0 Å². The molecule has 0 saturated heterocycles. The van der Waals surface area contributed by atoms with Gasteiger partial charge in [0.1, 0.15) is 0 Å². The second kappa shape index (κ2) is 6.39. The first-order chi connectivity index (χ1) is 12.5. The molecule has 0 bridgehead atoms. The van der Waals surface area contributed by atoms with Gasteiger partial charge in [0.2, 0.25) is 0 Å². The Hall–Kier alpha value is -2.85. The molecule has 0 spiro atoms. The molecule has 0 aliphatic rings. The fourth-order valence-electron chi connectivity index (χ4n) is 2.55. The van der Waals surface area contributed by atoms with Gasteiger partial charge in [0.15, 0.2) is 11.5 Å². The van der Waals surface area contributed by atoms with E-state index in [2.05, 4.69) is 20.6 Å². The number of anilines is 2. The number of nitrogens with one attached hydrogen (secondary N) is 1. The topological polar surface area (TPSA) is 55.1 Å². The summed E-state index contributed by atoms with van der Waals surface area (Å²) in [5, 5.41) is 13.3. The minimum Gasteiger partial charge on any atom is -0.339 e. The van der Waals surface area contributed by atoms with Crippen molar-refractivity contribution in [2.45, 2.75) is 32.6 Å². The van der Waals surface area contributed by atoms with Crippen LogP contribution in [0.2, 0.25) is 0 Å². The first kappa shape index (κ1) is 18.9. The predicted octanol–water partition coefficient (Wildman–Crippen LogP) is 4.61. The fourth-order valence-corrected chi connectivity index (χ4v) is 2.55. The average Bonchev–Trinajstić information content (AvgIpc) is 2.95. The Morgan fingerprint density at radius 3 is 2.33 bits per heavy atom. The number of rotatable bonds is 3. The molecule has 0 fully saturated rings. The molecule has 0 amide bonds. The Morgan fingerprint density at radius 1 is 1.00 bits per heavy atom. The van der Waals surface area contributed by atoms with Crippen LogP contribution in [0, 0.1) is 13.8 Å². The first-order valence-corrected chi connectivity index (χ1v) is 7.68. The van der Waals surface area contributed by atoms with Crippen LogP contribution in [0.4, 0.5) is 37.8 Å². The van der Waals surface area contributed by atoms with Gasteiger partial charge in [-0.2, -0.15) is 30.9 Å². The zero-order valence-electron chi connectivity index (χ0n) is 14.1. The van der Waals surface area contributed by atoms with Crippen LogP contribution >= 0.6 is 0 Å². The molecular weight excluding hydrogens is 376 g/mol. The maximum Gasteiger partial charge on any atom is 0.453 e. The number of fused-ring (bicyclic) bond motifs is 1. The Labute approximate surface area is 149 Å². The lowest BCUT2D eigenvalue weighted by Gasteiger charge is -2.13. The van der Waals surface area contributed by atoms with Crippen LogP contribution in [-0.4, -0.2) is 26.0 Å². The summed E-state index contributed by atoms with van der Waals surface area (Å²) >= 11 is 0. The summed E-state index contributed by atoms with van der Waals surface area (Å²) in [4.78, 5) is 0. The molecule has 2 aromatic heterocycles. The van der Waals surface area contributed by atoms with Gasteiger partial charge in [0.25, 0.3) is 5.82 Å². The maximum atomic E-state index is 13.1. The zero-order chi connectivity index (χ0) is 20.0. The molecule has 0 saturated carbocycles. The third kappa shape index (κ3) is 3.96. The Balaban J connectivity index is 2.02. The van der Waals surface area contributed by atoms with Crippen molar-refractivity contribution in [1.29, 1.82) is 0 Å². The number of benzene rings is 1. The fraction of sp³-hybridized carbons (Fsp3) is 0.312. The molecule has 2 heterocycles. The van der Waals surface area contributed by atoms with E-state index < -0.39 is 24.6 Å². The largest absolute Gasteiger partial charge is 0.453 e. The highest BCUT2D eigenvalue weighted by Crippen LogP contribution is 2.31. The molecule has 0 atom stereocenters. The average molecular weight is 389 g/mol. The van der Waals surface area contributed by atoms with E-state index in [-0.39, 0.29) is 22.7 Å². The van der Waals surface area contributed by atoms with Crippen molar-refractivity contribution < 1.29 is 26.3 Å². The van der Waals surface area contributed by atoms with Gasteiger partial charge in [-0.15, -0.1) is 15.3 Å². The lowest BCUT2D eigenvalue weighted by atomic mass is 10.1. The third-order valence-electron chi connectivity index (χ3n) is 3.94. The molecule has 11 heteroatoms. The van der Waals surface area contributed by atoms with Gasteiger partial charge in [0.05, 0.1) is 6.42 Å². The number of halogens is 6. The summed E-state index contributed by atoms with van der Waals surface area (Å²) in [7, 11) is 0. The highest BCUT2D eigenvalue weighted by Gasteiger charge is 2.38. The first-order valence-electron chi connectivity index (χ1n) is 7.68. The number of aromatic nitrogens is 4. The van der Waals surface area contributed by atoms with Gasteiger partial charge < -0.3 is 5.32 Å². The smallest absolute Gasteiger partial charge is 0.339 e. The highest BCUT2D eigenvalue weighted by molar-refractivity contribution is 5.64. The number of hydrogen-bond acceptors (Lipinski definition) is 4. The molecule has 3 aromatic rings. The summed E-state index contributed by atoms with van der Waals surface area (Å²) in [5.74, 6) is -1.22. The molecular formula is C16H13F6N5. The van der Waals surface area contributed by atoms with Gasteiger partial charge in [0, 0.05) is 16.8 Å². The minimum atomic E-state index is -4.75. The van der Waals surface area contributed by atoms with Gasteiger partial charge in [-0.3, -0.25) is 0 Å². The van der Waals surface area contributed by atoms with Crippen molar-refractivity contribution in [2.75, 3.05) is 5.32 Å². The van der Waals surface area contributed by atoms with E-state index in [0.29, 0.717) is 15.6 Å². The van der Waals surface area contributed by atoms with Crippen LogP contribution in [0.25, 0.3) is 5.65 Å². The standard InChI is InChI=1S/C16H13F6N5/c1-8-9(2)13-24-25-14(16(20,21)22)27(13)26-12(8)23-11-5-3-4-10(6-11)7-15(17,18)19/h3-6H,7H2,1-2H3,(H,23,26). The van der Waals surface area contributed by atoms with Gasteiger partial charge in [-0.25, -0.2) is 0 Å². The van der Waals surface area contributed by atoms with Crippen LogP contribution in [0.5, 0.6) is 0 Å². The van der Waals surface area contributed by atoms with Crippen molar-refractivity contribution in [3.05, 3.63) is 46.8 Å². The van der Waals surface area contributed by atoms with Crippen molar-refractivity contribution >= 4 is 17.2 Å². The Bertz CT molecular complexity index is 989. The van der Waals surface area contributed by atoms with Crippen LogP contribution in [0.1, 0.15) is 22.5 Å². The predicted molar refractivity (Wildman–Crippen MR) is 84.7 cm³/mol. The summed E-state index contributed by atoms with van der Waals surface area (Å²) in [6.45, 7) is 3.18.